The number of sulfonamides is 1. The minimum absolute atomic E-state index is 0.0345. The predicted molar refractivity (Wildman–Crippen MR) is 151 cm³/mol. The monoisotopic (exact) mass is 566 g/mol. The zero-order chi connectivity index (χ0) is 29.3. The Kier molecular flexibility index (Phi) is 10.5. The van der Waals surface area contributed by atoms with Crippen LogP contribution in [0.4, 0.5) is 10.5 Å². The van der Waals surface area contributed by atoms with Crippen molar-refractivity contribution >= 4 is 21.8 Å². The van der Waals surface area contributed by atoms with Crippen LogP contribution in [-0.2, 0) is 23.1 Å². The van der Waals surface area contributed by atoms with Gasteiger partial charge in [0, 0.05) is 18.8 Å². The number of aliphatic hydroxyl groups is 1. The molecule has 0 radical (unpaired) electrons. The fraction of sp³-hybridized carbons (Fsp3) is 0.310. The maximum Gasteiger partial charge on any atom is 0.404 e. The number of carbonyl (C=O) groups is 1. The quantitative estimate of drug-likeness (QED) is 0.228. The molecule has 0 aliphatic rings. The van der Waals surface area contributed by atoms with Crippen LogP contribution in [0.15, 0.2) is 77.7 Å². The van der Waals surface area contributed by atoms with Crippen molar-refractivity contribution in [1.82, 2.24) is 9.62 Å². The highest BCUT2D eigenvalue weighted by Crippen LogP contribution is 2.21. The third-order valence-corrected chi connectivity index (χ3v) is 7.94. The molecule has 3 aromatic carbocycles. The molecule has 3 aromatic rings. The number of rotatable bonds is 13. The van der Waals surface area contributed by atoms with Crippen molar-refractivity contribution < 1.29 is 28.2 Å². The molecule has 0 saturated heterocycles. The minimum Gasteiger partial charge on any atom is -0.489 e. The van der Waals surface area contributed by atoms with E-state index in [1.807, 2.05) is 19.9 Å². The Morgan fingerprint density at radius 3 is 2.33 bits per heavy atom. The zero-order valence-electron chi connectivity index (χ0n) is 22.4. The average Bonchev–Trinajstić information content (AvgIpc) is 2.91. The second kappa shape index (κ2) is 13.8. The zero-order valence-corrected chi connectivity index (χ0v) is 23.2. The fourth-order valence-corrected chi connectivity index (χ4v) is 5.74. The summed E-state index contributed by atoms with van der Waals surface area (Å²) in [5, 5.41) is 31.8. The van der Waals surface area contributed by atoms with Crippen LogP contribution in [-0.4, -0.2) is 54.3 Å². The van der Waals surface area contributed by atoms with Crippen molar-refractivity contribution in [2.24, 2.45) is 5.92 Å². The minimum atomic E-state index is -3.97. The van der Waals surface area contributed by atoms with E-state index in [9.17, 15) is 23.4 Å². The maximum atomic E-state index is 13.4. The van der Waals surface area contributed by atoms with Gasteiger partial charge in [-0.25, -0.2) is 13.2 Å². The van der Waals surface area contributed by atoms with Crippen LogP contribution in [0.2, 0.25) is 0 Å². The van der Waals surface area contributed by atoms with E-state index in [1.165, 1.54) is 28.6 Å². The number of nitriles is 1. The Bertz CT molecular complexity index is 1420. The van der Waals surface area contributed by atoms with Gasteiger partial charge in [-0.2, -0.15) is 9.57 Å². The first-order chi connectivity index (χ1) is 19.0. The lowest BCUT2D eigenvalue weighted by Crippen LogP contribution is -2.50. The summed E-state index contributed by atoms with van der Waals surface area (Å²) in [6.07, 6.45) is -2.54. The van der Waals surface area contributed by atoms with Gasteiger partial charge in [0.2, 0.25) is 10.0 Å². The van der Waals surface area contributed by atoms with Gasteiger partial charge in [0.15, 0.2) is 0 Å². The Morgan fingerprint density at radius 1 is 1.05 bits per heavy atom. The predicted octanol–water partition coefficient (Wildman–Crippen LogP) is 3.61. The van der Waals surface area contributed by atoms with Crippen molar-refractivity contribution in [3.05, 3.63) is 89.5 Å². The normalized spacial score (nSPS) is 13.0. The van der Waals surface area contributed by atoms with Gasteiger partial charge in [0.1, 0.15) is 12.4 Å². The van der Waals surface area contributed by atoms with Crippen LogP contribution in [0, 0.1) is 17.2 Å². The number of amides is 1. The van der Waals surface area contributed by atoms with E-state index < -0.39 is 28.3 Å². The molecular weight excluding hydrogens is 532 g/mol. The number of nitrogens with two attached hydrogens (primary N) is 1. The number of nitrogens with zero attached hydrogens (tertiary/aromatic N) is 2. The summed E-state index contributed by atoms with van der Waals surface area (Å²) in [5.74, 6) is 0.531. The summed E-state index contributed by atoms with van der Waals surface area (Å²) in [4.78, 5) is 11.6. The number of ether oxygens (including phenoxy) is 1. The molecule has 2 atom stereocenters. The number of hydrogen-bond acceptors (Lipinski definition) is 7. The highest BCUT2D eigenvalue weighted by Gasteiger charge is 2.31. The smallest absolute Gasteiger partial charge is 0.404 e. The molecule has 0 heterocycles. The molecule has 0 spiro atoms. The Morgan fingerprint density at radius 2 is 1.73 bits per heavy atom. The fourth-order valence-electron chi connectivity index (χ4n) is 4.12. The highest BCUT2D eigenvalue weighted by molar-refractivity contribution is 7.89. The maximum absolute atomic E-state index is 13.4. The number of nitrogen functional groups attached to an aromatic ring is 1. The lowest BCUT2D eigenvalue weighted by molar-refractivity contribution is 0.0980. The standard InChI is InChI=1S/C29H34N4O6S/c1-20(2)17-33(40(37,38)26-12-8-24(31)9-13-26)18-28(34)27(32-29(35)36)15-21-6-10-25(11-7-21)39-19-23-5-3-4-22(14-23)16-30/h3-14,20,27-28,32,34H,15,17-19,31H2,1-2H3,(H,35,36)/t27-,28-/m0/s1. The third kappa shape index (κ3) is 8.71. The Labute approximate surface area is 234 Å². The molecular formula is C29H34N4O6S. The number of nitrogens with one attached hydrogen (secondary N) is 1. The molecule has 0 aliphatic heterocycles. The molecule has 0 aromatic heterocycles. The number of hydrogen-bond donors (Lipinski definition) is 4. The van der Waals surface area contributed by atoms with Crippen molar-refractivity contribution in [1.29, 1.82) is 5.26 Å². The molecule has 0 aliphatic carbocycles. The molecule has 5 N–H and O–H groups in total. The van der Waals surface area contributed by atoms with Crippen molar-refractivity contribution in [3.8, 4) is 11.8 Å². The number of anilines is 1. The Balaban J connectivity index is 1.72. The average molecular weight is 567 g/mol. The number of carboxylic acid groups (broad SMARTS) is 1. The first-order valence-corrected chi connectivity index (χ1v) is 14.2. The molecule has 0 bridgehead atoms. The highest BCUT2D eigenvalue weighted by atomic mass is 32.2. The number of aliphatic hydroxyl groups excluding tert-OH is 1. The van der Waals surface area contributed by atoms with E-state index in [4.69, 9.17) is 15.7 Å². The van der Waals surface area contributed by atoms with Gasteiger partial charge in [0.25, 0.3) is 0 Å². The molecule has 11 heteroatoms. The van der Waals surface area contributed by atoms with E-state index in [0.29, 0.717) is 22.6 Å². The second-order valence-corrected chi connectivity index (χ2v) is 11.8. The molecule has 1 amide bonds. The summed E-state index contributed by atoms with van der Waals surface area (Å²) in [6, 6.07) is 20.9. The van der Waals surface area contributed by atoms with Crippen LogP contribution in [0.3, 0.4) is 0 Å². The SMILES string of the molecule is CC(C)CN(C[C@H](O)[C@H](Cc1ccc(OCc2cccc(C#N)c2)cc1)NC(=O)O)S(=O)(=O)c1ccc(N)cc1. The van der Waals surface area contributed by atoms with E-state index in [-0.39, 0.29) is 36.9 Å². The van der Waals surface area contributed by atoms with Crippen LogP contribution < -0.4 is 15.8 Å². The van der Waals surface area contributed by atoms with Gasteiger partial charge < -0.3 is 26.0 Å². The van der Waals surface area contributed by atoms with Crippen LogP contribution >= 0.6 is 0 Å². The lowest BCUT2D eigenvalue weighted by Gasteiger charge is -2.30. The molecule has 3 rings (SSSR count). The van der Waals surface area contributed by atoms with E-state index in [0.717, 1.165) is 5.56 Å². The van der Waals surface area contributed by atoms with Crippen molar-refractivity contribution in [2.75, 3.05) is 18.8 Å². The first kappa shape index (κ1) is 30.4. The van der Waals surface area contributed by atoms with E-state index in [2.05, 4.69) is 11.4 Å². The van der Waals surface area contributed by atoms with E-state index >= 15 is 0 Å². The lowest BCUT2D eigenvalue weighted by atomic mass is 10.0. The number of benzene rings is 3. The molecule has 0 fully saturated rings. The summed E-state index contributed by atoms with van der Waals surface area (Å²) in [7, 11) is -3.97. The van der Waals surface area contributed by atoms with Gasteiger partial charge >= 0.3 is 6.09 Å². The molecule has 212 valence electrons. The van der Waals surface area contributed by atoms with Crippen molar-refractivity contribution in [2.45, 2.75) is 43.9 Å². The van der Waals surface area contributed by atoms with Crippen LogP contribution in [0.5, 0.6) is 5.75 Å². The van der Waals surface area contributed by atoms with Gasteiger partial charge in [-0.15, -0.1) is 0 Å². The summed E-state index contributed by atoms with van der Waals surface area (Å²) in [5.41, 5.74) is 8.22. The topological polar surface area (TPSA) is 166 Å². The van der Waals surface area contributed by atoms with Crippen LogP contribution in [0.1, 0.15) is 30.5 Å². The second-order valence-electron chi connectivity index (χ2n) is 9.86. The molecule has 10 nitrogen and oxygen atoms in total. The summed E-state index contributed by atoms with van der Waals surface area (Å²) in [6.45, 7) is 3.81. The summed E-state index contributed by atoms with van der Waals surface area (Å²) < 4.78 is 33.7. The Hall–Kier alpha value is -4.11. The largest absolute Gasteiger partial charge is 0.489 e. The van der Waals surface area contributed by atoms with Gasteiger partial charge in [-0.1, -0.05) is 38.1 Å². The molecule has 0 unspecified atom stereocenters. The van der Waals surface area contributed by atoms with Gasteiger partial charge in [-0.3, -0.25) is 0 Å². The van der Waals surface area contributed by atoms with E-state index in [1.54, 1.807) is 42.5 Å². The van der Waals surface area contributed by atoms with Gasteiger partial charge in [-0.05, 0) is 72.0 Å². The van der Waals surface area contributed by atoms with Crippen LogP contribution in [0.25, 0.3) is 0 Å². The molecule has 40 heavy (non-hydrogen) atoms. The van der Waals surface area contributed by atoms with Crippen molar-refractivity contribution in [3.63, 3.8) is 0 Å². The first-order valence-electron chi connectivity index (χ1n) is 12.7. The molecule has 0 saturated carbocycles. The summed E-state index contributed by atoms with van der Waals surface area (Å²) >= 11 is 0. The van der Waals surface area contributed by atoms with Gasteiger partial charge in [0.05, 0.1) is 28.7 Å². The third-order valence-electron chi connectivity index (χ3n) is 6.09.